The summed E-state index contributed by atoms with van der Waals surface area (Å²) in [5.41, 5.74) is -0.0982. The maximum Gasteiger partial charge on any atom is 0.162 e. The normalized spacial score (nSPS) is 15.9. The fourth-order valence-corrected chi connectivity index (χ4v) is 2.04. The van der Waals surface area contributed by atoms with Gasteiger partial charge in [0.15, 0.2) is 5.78 Å². The zero-order valence-electron chi connectivity index (χ0n) is 11.8. The zero-order chi connectivity index (χ0) is 12.8. The molecule has 2 heteroatoms. The average molecular weight is 228 g/mol. The van der Waals surface area contributed by atoms with Gasteiger partial charge < -0.3 is 4.74 Å². The van der Waals surface area contributed by atoms with E-state index in [1.165, 1.54) is 0 Å². The molecule has 2 unspecified atom stereocenters. The molecular formula is C14H28O2. The summed E-state index contributed by atoms with van der Waals surface area (Å²) in [6.07, 6.45) is 2.66. The average Bonchev–Trinajstić information content (AvgIpc) is 2.12. The van der Waals surface area contributed by atoms with E-state index in [1.54, 1.807) is 0 Å². The molecular weight excluding hydrogens is 200 g/mol. The predicted octanol–water partition coefficient (Wildman–Crippen LogP) is 3.83. The van der Waals surface area contributed by atoms with Crippen LogP contribution in [0.25, 0.3) is 0 Å². The highest BCUT2D eigenvalue weighted by molar-refractivity contribution is 5.84. The molecule has 2 atom stereocenters. The van der Waals surface area contributed by atoms with Crippen LogP contribution in [0, 0.1) is 11.3 Å². The Hall–Kier alpha value is -0.370. The van der Waals surface area contributed by atoms with Crippen LogP contribution in [0.5, 0.6) is 0 Å². The summed E-state index contributed by atoms with van der Waals surface area (Å²) in [4.78, 5) is 12.1. The summed E-state index contributed by atoms with van der Waals surface area (Å²) < 4.78 is 5.60. The van der Waals surface area contributed by atoms with Crippen molar-refractivity contribution >= 4 is 5.78 Å². The molecule has 0 aromatic rings. The third-order valence-corrected chi connectivity index (χ3v) is 2.74. The van der Waals surface area contributed by atoms with Gasteiger partial charge in [0, 0.05) is 13.0 Å². The Labute approximate surface area is 101 Å². The van der Waals surface area contributed by atoms with Crippen molar-refractivity contribution < 1.29 is 9.53 Å². The van der Waals surface area contributed by atoms with Crippen LogP contribution in [0.4, 0.5) is 0 Å². The molecule has 0 rings (SSSR count). The van der Waals surface area contributed by atoms with Crippen molar-refractivity contribution in [3.63, 3.8) is 0 Å². The van der Waals surface area contributed by atoms with Crippen LogP contribution in [-0.4, -0.2) is 18.5 Å². The highest BCUT2D eigenvalue weighted by Crippen LogP contribution is 2.25. The number of carbonyl (C=O) groups excluding carboxylic acids is 1. The smallest absolute Gasteiger partial charge is 0.162 e. The van der Waals surface area contributed by atoms with Crippen LogP contribution >= 0.6 is 0 Å². The number of ether oxygens (including phenoxy) is 1. The van der Waals surface area contributed by atoms with Crippen molar-refractivity contribution in [1.82, 2.24) is 0 Å². The first-order valence-electron chi connectivity index (χ1n) is 6.47. The molecule has 0 aliphatic rings. The van der Waals surface area contributed by atoms with Crippen molar-refractivity contribution in [2.75, 3.05) is 6.61 Å². The van der Waals surface area contributed by atoms with E-state index in [0.29, 0.717) is 18.9 Å². The van der Waals surface area contributed by atoms with E-state index < -0.39 is 0 Å². The first-order chi connectivity index (χ1) is 7.32. The molecule has 0 aliphatic heterocycles. The Morgan fingerprint density at radius 1 is 1.25 bits per heavy atom. The lowest BCUT2D eigenvalue weighted by atomic mass is 9.83. The Balaban J connectivity index is 4.39. The fraction of sp³-hybridized carbons (Fsp3) is 0.929. The van der Waals surface area contributed by atoms with E-state index in [-0.39, 0.29) is 17.3 Å². The van der Waals surface area contributed by atoms with Crippen LogP contribution in [0.1, 0.15) is 60.8 Å². The molecule has 0 N–H and O–H groups in total. The third-order valence-electron chi connectivity index (χ3n) is 2.74. The molecule has 0 spiro atoms. The van der Waals surface area contributed by atoms with Gasteiger partial charge in [-0.25, -0.2) is 0 Å². The fourth-order valence-electron chi connectivity index (χ4n) is 2.04. The summed E-state index contributed by atoms with van der Waals surface area (Å²) >= 11 is 0. The molecule has 2 nitrogen and oxygen atoms in total. The second-order valence-corrected chi connectivity index (χ2v) is 5.77. The molecule has 0 aromatic heterocycles. The van der Waals surface area contributed by atoms with Crippen molar-refractivity contribution in [1.29, 1.82) is 0 Å². The summed E-state index contributed by atoms with van der Waals surface area (Å²) in [6, 6.07) is 0. The second kappa shape index (κ2) is 7.05. The minimum Gasteiger partial charge on any atom is -0.370 e. The van der Waals surface area contributed by atoms with Crippen molar-refractivity contribution in [2.24, 2.45) is 11.3 Å². The molecule has 16 heavy (non-hydrogen) atoms. The molecule has 0 saturated heterocycles. The van der Waals surface area contributed by atoms with E-state index in [1.807, 2.05) is 6.92 Å². The number of hydrogen-bond donors (Lipinski definition) is 0. The third kappa shape index (κ3) is 5.64. The Kier molecular flexibility index (Phi) is 6.89. The van der Waals surface area contributed by atoms with Crippen molar-refractivity contribution in [3.8, 4) is 0 Å². The van der Waals surface area contributed by atoms with Crippen molar-refractivity contribution in [3.05, 3.63) is 0 Å². The van der Waals surface area contributed by atoms with Gasteiger partial charge >= 0.3 is 0 Å². The monoisotopic (exact) mass is 228 g/mol. The van der Waals surface area contributed by atoms with Gasteiger partial charge in [0.25, 0.3) is 0 Å². The van der Waals surface area contributed by atoms with Gasteiger partial charge in [-0.2, -0.15) is 0 Å². The summed E-state index contributed by atoms with van der Waals surface area (Å²) in [5, 5.41) is 0. The minimum absolute atomic E-state index is 0.0982. The van der Waals surface area contributed by atoms with Gasteiger partial charge in [0.1, 0.15) is 6.10 Å². The standard InChI is InChI=1S/C14H28O2/c1-7-9-11(3)10-12(15)13(16-8-2)14(4,5)6/h11,13H,7-10H2,1-6H3. The molecule has 0 fully saturated rings. The molecule has 0 saturated carbocycles. The molecule has 0 heterocycles. The van der Waals surface area contributed by atoms with Gasteiger partial charge in [-0.1, -0.05) is 47.5 Å². The minimum atomic E-state index is -0.253. The van der Waals surface area contributed by atoms with Gasteiger partial charge in [0.05, 0.1) is 0 Å². The van der Waals surface area contributed by atoms with Crippen LogP contribution in [0.2, 0.25) is 0 Å². The molecule has 0 amide bonds. The highest BCUT2D eigenvalue weighted by atomic mass is 16.5. The first kappa shape index (κ1) is 15.6. The van der Waals surface area contributed by atoms with E-state index >= 15 is 0 Å². The van der Waals surface area contributed by atoms with E-state index in [0.717, 1.165) is 12.8 Å². The molecule has 0 radical (unpaired) electrons. The molecule has 0 aliphatic carbocycles. The summed E-state index contributed by atoms with van der Waals surface area (Å²) in [6.45, 7) is 13.1. The Morgan fingerprint density at radius 3 is 2.19 bits per heavy atom. The number of ketones is 1. The lowest BCUT2D eigenvalue weighted by Crippen LogP contribution is -2.37. The summed E-state index contributed by atoms with van der Waals surface area (Å²) in [5.74, 6) is 0.734. The van der Waals surface area contributed by atoms with E-state index in [9.17, 15) is 4.79 Å². The second-order valence-electron chi connectivity index (χ2n) is 5.77. The predicted molar refractivity (Wildman–Crippen MR) is 68.6 cm³/mol. The van der Waals surface area contributed by atoms with Gasteiger partial charge in [-0.05, 0) is 18.3 Å². The van der Waals surface area contributed by atoms with E-state index in [2.05, 4.69) is 34.6 Å². The SMILES string of the molecule is CCCC(C)CC(=O)C(OCC)C(C)(C)C. The first-order valence-corrected chi connectivity index (χ1v) is 6.47. The number of rotatable bonds is 7. The lowest BCUT2D eigenvalue weighted by molar-refractivity contribution is -0.138. The molecule has 0 bridgehead atoms. The van der Waals surface area contributed by atoms with Gasteiger partial charge in [-0.15, -0.1) is 0 Å². The maximum absolute atomic E-state index is 12.1. The topological polar surface area (TPSA) is 26.3 Å². The van der Waals surface area contributed by atoms with E-state index in [4.69, 9.17) is 4.74 Å². The Morgan fingerprint density at radius 2 is 1.81 bits per heavy atom. The molecule has 0 aromatic carbocycles. The van der Waals surface area contributed by atoms with Crippen LogP contribution in [-0.2, 0) is 9.53 Å². The maximum atomic E-state index is 12.1. The number of carbonyl (C=O) groups is 1. The van der Waals surface area contributed by atoms with Crippen LogP contribution in [0.15, 0.2) is 0 Å². The number of hydrogen-bond acceptors (Lipinski definition) is 2. The molecule has 96 valence electrons. The largest absolute Gasteiger partial charge is 0.370 e. The zero-order valence-corrected chi connectivity index (χ0v) is 11.8. The van der Waals surface area contributed by atoms with Gasteiger partial charge in [-0.3, -0.25) is 4.79 Å². The van der Waals surface area contributed by atoms with Crippen LogP contribution < -0.4 is 0 Å². The summed E-state index contributed by atoms with van der Waals surface area (Å²) in [7, 11) is 0. The van der Waals surface area contributed by atoms with Crippen molar-refractivity contribution in [2.45, 2.75) is 66.9 Å². The van der Waals surface area contributed by atoms with Gasteiger partial charge in [0.2, 0.25) is 0 Å². The highest BCUT2D eigenvalue weighted by Gasteiger charge is 2.31. The van der Waals surface area contributed by atoms with Crippen LogP contribution in [0.3, 0.4) is 0 Å². The quantitative estimate of drug-likeness (QED) is 0.662. The Bertz CT molecular complexity index is 203. The number of Topliss-reactive ketones (excluding diaryl/α,β-unsaturated/α-hetero) is 1. The lowest BCUT2D eigenvalue weighted by Gasteiger charge is -2.29.